The number of alkyl carbamates (subject to hydrolysis) is 1. The van der Waals surface area contributed by atoms with Crippen molar-refractivity contribution in [3.63, 3.8) is 0 Å². The van der Waals surface area contributed by atoms with Crippen LogP contribution in [0.2, 0.25) is 5.02 Å². The molecular weight excluding hydrogens is 301 g/mol. The van der Waals surface area contributed by atoms with Crippen LogP contribution in [-0.2, 0) is 9.53 Å². The van der Waals surface area contributed by atoms with E-state index in [1.807, 2.05) is 5.32 Å². The highest BCUT2D eigenvalue weighted by Gasteiger charge is 2.13. The normalized spacial score (nSPS) is 10.5. The van der Waals surface area contributed by atoms with Crippen LogP contribution in [0.3, 0.4) is 0 Å². The predicted molar refractivity (Wildman–Crippen MR) is 73.9 cm³/mol. The molecule has 1 aromatic rings. The van der Waals surface area contributed by atoms with Crippen LogP contribution in [0.4, 0.5) is 14.9 Å². The van der Waals surface area contributed by atoms with Gasteiger partial charge in [0.25, 0.3) is 5.91 Å². The second kappa shape index (κ2) is 7.87. The number of ether oxygens (including phenoxy) is 1. The second-order valence-corrected chi connectivity index (χ2v) is 4.05. The number of carbonyl (C=O) groups excluding carboxylic acids is 2. The SMILES string of the molecule is CCOC(=O)NC(=O)C(C#N)=CNc1ccc(Cl)cc1F. The molecule has 6 nitrogen and oxygen atoms in total. The van der Waals surface area contributed by atoms with E-state index in [-0.39, 0.29) is 17.3 Å². The fourth-order valence-corrected chi connectivity index (χ4v) is 1.39. The molecule has 0 radical (unpaired) electrons. The Morgan fingerprint density at radius 1 is 1.52 bits per heavy atom. The van der Waals surface area contributed by atoms with E-state index < -0.39 is 23.4 Å². The molecule has 8 heteroatoms. The lowest BCUT2D eigenvalue weighted by molar-refractivity contribution is -0.116. The number of nitrogens with zero attached hydrogens (tertiary/aromatic N) is 1. The zero-order chi connectivity index (χ0) is 15.8. The average molecular weight is 312 g/mol. The number of rotatable bonds is 4. The first-order chi connectivity index (χ1) is 9.97. The third-order valence-electron chi connectivity index (χ3n) is 2.16. The van der Waals surface area contributed by atoms with Gasteiger partial charge in [0.15, 0.2) is 0 Å². The molecule has 0 fully saturated rings. The largest absolute Gasteiger partial charge is 0.450 e. The fourth-order valence-electron chi connectivity index (χ4n) is 1.23. The summed E-state index contributed by atoms with van der Waals surface area (Å²) >= 11 is 5.59. The molecule has 2 N–H and O–H groups in total. The zero-order valence-electron chi connectivity index (χ0n) is 10.9. The number of hydrogen-bond donors (Lipinski definition) is 2. The Morgan fingerprint density at radius 3 is 2.81 bits per heavy atom. The summed E-state index contributed by atoms with van der Waals surface area (Å²) in [6.45, 7) is 1.65. The number of nitriles is 1. The molecule has 21 heavy (non-hydrogen) atoms. The third-order valence-corrected chi connectivity index (χ3v) is 2.39. The molecule has 110 valence electrons. The quantitative estimate of drug-likeness (QED) is 0.658. The molecule has 1 rings (SSSR count). The van der Waals surface area contributed by atoms with Crippen LogP contribution >= 0.6 is 11.6 Å². The molecule has 0 aliphatic heterocycles. The van der Waals surface area contributed by atoms with Gasteiger partial charge in [0.1, 0.15) is 17.5 Å². The summed E-state index contributed by atoms with van der Waals surface area (Å²) in [6.07, 6.45) is 0.00210. The molecule has 0 bridgehead atoms. The molecule has 0 saturated heterocycles. The van der Waals surface area contributed by atoms with Gasteiger partial charge in [0.05, 0.1) is 12.3 Å². The predicted octanol–water partition coefficient (Wildman–Crippen LogP) is 2.57. The van der Waals surface area contributed by atoms with Gasteiger partial charge in [-0.2, -0.15) is 5.26 Å². The Balaban J connectivity index is 2.78. The first-order valence-electron chi connectivity index (χ1n) is 5.78. The van der Waals surface area contributed by atoms with Crippen molar-refractivity contribution in [2.24, 2.45) is 0 Å². The Kier molecular flexibility index (Phi) is 6.17. The van der Waals surface area contributed by atoms with Gasteiger partial charge in [-0.05, 0) is 25.1 Å². The van der Waals surface area contributed by atoms with Gasteiger partial charge in [-0.1, -0.05) is 11.6 Å². The van der Waals surface area contributed by atoms with E-state index in [9.17, 15) is 14.0 Å². The van der Waals surface area contributed by atoms with Gasteiger partial charge < -0.3 is 10.1 Å². The number of amides is 2. The molecule has 0 saturated carbocycles. The number of hydrogen-bond acceptors (Lipinski definition) is 5. The van der Waals surface area contributed by atoms with Crippen molar-refractivity contribution in [3.8, 4) is 6.07 Å². The Morgan fingerprint density at radius 2 is 2.24 bits per heavy atom. The minimum atomic E-state index is -0.971. The van der Waals surface area contributed by atoms with E-state index in [0.29, 0.717) is 0 Å². The Hall–Kier alpha value is -2.59. The van der Waals surface area contributed by atoms with Gasteiger partial charge in [-0.25, -0.2) is 9.18 Å². The number of nitrogens with one attached hydrogen (secondary N) is 2. The number of benzene rings is 1. The number of halogens is 2. The van der Waals surface area contributed by atoms with Crippen molar-refractivity contribution in [3.05, 3.63) is 40.8 Å². The minimum Gasteiger partial charge on any atom is -0.450 e. The lowest BCUT2D eigenvalue weighted by atomic mass is 10.2. The summed E-state index contributed by atoms with van der Waals surface area (Å²) in [5.41, 5.74) is -0.395. The number of anilines is 1. The van der Waals surface area contributed by atoms with Crippen molar-refractivity contribution in [2.75, 3.05) is 11.9 Å². The van der Waals surface area contributed by atoms with Gasteiger partial charge >= 0.3 is 6.09 Å². The zero-order valence-corrected chi connectivity index (χ0v) is 11.7. The molecule has 0 spiro atoms. The van der Waals surface area contributed by atoms with E-state index in [1.54, 1.807) is 13.0 Å². The van der Waals surface area contributed by atoms with Gasteiger partial charge in [-0.3, -0.25) is 10.1 Å². The third kappa shape index (κ3) is 5.12. The van der Waals surface area contributed by atoms with Gasteiger partial charge in [0, 0.05) is 11.2 Å². The van der Waals surface area contributed by atoms with Crippen LogP contribution in [0.15, 0.2) is 30.0 Å². The van der Waals surface area contributed by atoms with Crippen LogP contribution in [0.1, 0.15) is 6.92 Å². The van der Waals surface area contributed by atoms with Crippen LogP contribution in [0, 0.1) is 17.1 Å². The summed E-state index contributed by atoms with van der Waals surface area (Å²) in [5, 5.41) is 13.3. The lowest BCUT2D eigenvalue weighted by Crippen LogP contribution is -2.32. The summed E-state index contributed by atoms with van der Waals surface area (Å²) in [6, 6.07) is 5.43. The second-order valence-electron chi connectivity index (χ2n) is 3.61. The highest BCUT2D eigenvalue weighted by atomic mass is 35.5. The first kappa shape index (κ1) is 16.5. The maximum atomic E-state index is 13.5. The smallest absolute Gasteiger partial charge is 0.414 e. The maximum Gasteiger partial charge on any atom is 0.414 e. The van der Waals surface area contributed by atoms with Crippen LogP contribution < -0.4 is 10.6 Å². The highest BCUT2D eigenvalue weighted by Crippen LogP contribution is 2.18. The van der Waals surface area contributed by atoms with Crippen molar-refractivity contribution >= 4 is 29.3 Å². The first-order valence-corrected chi connectivity index (χ1v) is 6.15. The van der Waals surface area contributed by atoms with Gasteiger partial charge in [-0.15, -0.1) is 0 Å². The monoisotopic (exact) mass is 311 g/mol. The average Bonchev–Trinajstić information content (AvgIpc) is 2.41. The van der Waals surface area contributed by atoms with E-state index >= 15 is 0 Å². The molecule has 2 amide bonds. The number of carbonyl (C=O) groups is 2. The molecule has 0 aliphatic carbocycles. The Bertz CT molecular complexity index is 626. The molecule has 0 unspecified atom stereocenters. The van der Waals surface area contributed by atoms with Crippen molar-refractivity contribution < 1.29 is 18.7 Å². The van der Waals surface area contributed by atoms with E-state index in [4.69, 9.17) is 16.9 Å². The van der Waals surface area contributed by atoms with Crippen LogP contribution in [0.5, 0.6) is 0 Å². The molecule has 0 heterocycles. The van der Waals surface area contributed by atoms with Crippen molar-refractivity contribution in [1.82, 2.24) is 5.32 Å². The van der Waals surface area contributed by atoms with Gasteiger partial charge in [0.2, 0.25) is 0 Å². The standard InChI is InChI=1S/C13H11ClFN3O3/c1-2-21-13(20)18-12(19)8(6-16)7-17-11-4-3-9(14)5-10(11)15/h3-5,7,17H,2H2,1H3,(H,18,19,20). The highest BCUT2D eigenvalue weighted by molar-refractivity contribution is 6.30. The van der Waals surface area contributed by atoms with Crippen molar-refractivity contribution in [2.45, 2.75) is 6.92 Å². The van der Waals surface area contributed by atoms with Crippen LogP contribution in [-0.4, -0.2) is 18.6 Å². The van der Waals surface area contributed by atoms with E-state index in [1.165, 1.54) is 12.1 Å². The fraction of sp³-hybridized carbons (Fsp3) is 0.154. The van der Waals surface area contributed by atoms with E-state index in [2.05, 4.69) is 10.1 Å². The summed E-state index contributed by atoms with van der Waals surface area (Å²) in [4.78, 5) is 22.6. The molecule has 0 atom stereocenters. The molecule has 1 aromatic carbocycles. The summed E-state index contributed by atoms with van der Waals surface area (Å²) in [7, 11) is 0. The summed E-state index contributed by atoms with van der Waals surface area (Å²) in [5.74, 6) is -1.61. The Labute approximate surface area is 125 Å². The topological polar surface area (TPSA) is 91.2 Å². The maximum absolute atomic E-state index is 13.5. The van der Waals surface area contributed by atoms with Crippen molar-refractivity contribution in [1.29, 1.82) is 5.26 Å². The minimum absolute atomic E-state index is 0.0242. The molecular formula is C13H11ClFN3O3. The van der Waals surface area contributed by atoms with E-state index in [0.717, 1.165) is 12.3 Å². The molecule has 0 aliphatic rings. The lowest BCUT2D eigenvalue weighted by Gasteiger charge is -2.05. The number of imide groups is 1. The summed E-state index contributed by atoms with van der Waals surface area (Å²) < 4.78 is 18.0. The molecule has 0 aromatic heterocycles. The van der Waals surface area contributed by atoms with Crippen LogP contribution in [0.25, 0.3) is 0 Å².